The van der Waals surface area contributed by atoms with Gasteiger partial charge in [-0.15, -0.1) is 11.3 Å². The van der Waals surface area contributed by atoms with E-state index in [1.807, 2.05) is 46.2 Å². The van der Waals surface area contributed by atoms with E-state index in [0.717, 1.165) is 30.2 Å². The highest BCUT2D eigenvalue weighted by molar-refractivity contribution is 14.1. The lowest BCUT2D eigenvalue weighted by Crippen LogP contribution is -2.26. The number of esters is 1. The van der Waals surface area contributed by atoms with E-state index in [2.05, 4.69) is 37.7 Å². The van der Waals surface area contributed by atoms with Gasteiger partial charge in [0, 0.05) is 22.8 Å². The van der Waals surface area contributed by atoms with Crippen molar-refractivity contribution in [3.8, 4) is 10.4 Å². The number of aryl methyl sites for hydroxylation is 1. The average molecular weight is 456 g/mol. The predicted octanol–water partition coefficient (Wildman–Crippen LogP) is 3.81. The molecule has 8 heteroatoms. The van der Waals surface area contributed by atoms with Crippen LogP contribution in [0.3, 0.4) is 0 Å². The topological polar surface area (TPSA) is 69.9 Å². The van der Waals surface area contributed by atoms with Crippen LogP contribution in [0.4, 0.5) is 0 Å². The summed E-state index contributed by atoms with van der Waals surface area (Å²) < 4.78 is 9.00. The van der Waals surface area contributed by atoms with Crippen LogP contribution in [0.5, 0.6) is 0 Å². The van der Waals surface area contributed by atoms with Gasteiger partial charge in [-0.25, -0.2) is 9.97 Å². The minimum atomic E-state index is -0.504. The maximum absolute atomic E-state index is 12.1. The lowest BCUT2D eigenvalue weighted by molar-refractivity contribution is -0.155. The second-order valence-corrected chi connectivity index (χ2v) is 8.45. The van der Waals surface area contributed by atoms with Gasteiger partial charge in [0.25, 0.3) is 0 Å². The number of aromatic nitrogens is 4. The van der Waals surface area contributed by atoms with Crippen molar-refractivity contribution in [1.82, 2.24) is 19.7 Å². The van der Waals surface area contributed by atoms with Crippen molar-refractivity contribution in [3.05, 3.63) is 28.0 Å². The Bertz CT molecular complexity index is 893. The van der Waals surface area contributed by atoms with Crippen LogP contribution in [-0.4, -0.2) is 31.3 Å². The molecule has 0 aliphatic rings. The molecule has 0 unspecified atom stereocenters. The van der Waals surface area contributed by atoms with Gasteiger partial charge in [0.1, 0.15) is 21.7 Å². The smallest absolute Gasteiger partial charge is 0.328 e. The molecule has 0 radical (unpaired) electrons. The number of thiophene rings is 1. The molecular weight excluding hydrogens is 439 g/mol. The van der Waals surface area contributed by atoms with Crippen molar-refractivity contribution in [2.75, 3.05) is 0 Å². The van der Waals surface area contributed by atoms with E-state index < -0.39 is 5.60 Å². The summed E-state index contributed by atoms with van der Waals surface area (Å²) in [6.45, 7) is 7.52. The summed E-state index contributed by atoms with van der Waals surface area (Å²) in [5, 5.41) is 4.45. The zero-order valence-corrected chi connectivity index (χ0v) is 16.8. The summed E-state index contributed by atoms with van der Waals surface area (Å²) in [6, 6.07) is 2.02. The Morgan fingerprint density at radius 3 is 2.62 bits per heavy atom. The van der Waals surface area contributed by atoms with Gasteiger partial charge >= 0.3 is 5.97 Å². The molecule has 3 heterocycles. The molecule has 6 nitrogen and oxygen atoms in total. The van der Waals surface area contributed by atoms with Gasteiger partial charge in [0.05, 0.1) is 10.2 Å². The highest BCUT2D eigenvalue weighted by Crippen LogP contribution is 2.35. The van der Waals surface area contributed by atoms with Crippen LogP contribution >= 0.6 is 33.9 Å². The number of hydrogen-bond donors (Lipinski definition) is 0. The van der Waals surface area contributed by atoms with Crippen LogP contribution in [0, 0.1) is 10.6 Å². The first-order valence-corrected chi connectivity index (χ1v) is 9.29. The highest BCUT2D eigenvalue weighted by atomic mass is 127. The molecule has 126 valence electrons. The van der Waals surface area contributed by atoms with Crippen molar-refractivity contribution < 1.29 is 9.53 Å². The number of nitrogens with zero attached hydrogens (tertiary/aromatic N) is 4. The second-order valence-electron chi connectivity index (χ2n) is 6.38. The molecule has 3 aromatic heterocycles. The molecule has 0 amide bonds. The molecule has 24 heavy (non-hydrogen) atoms. The largest absolute Gasteiger partial charge is 0.459 e. The van der Waals surface area contributed by atoms with Gasteiger partial charge in [-0.3, -0.25) is 9.48 Å². The van der Waals surface area contributed by atoms with Crippen molar-refractivity contribution in [1.29, 1.82) is 0 Å². The van der Waals surface area contributed by atoms with E-state index in [1.54, 1.807) is 16.0 Å². The Kier molecular flexibility index (Phi) is 4.60. The molecular formula is C16H17IN4O2S. The predicted molar refractivity (Wildman–Crippen MR) is 102 cm³/mol. The first-order chi connectivity index (χ1) is 11.2. The van der Waals surface area contributed by atoms with Crippen molar-refractivity contribution in [2.24, 2.45) is 0 Å². The lowest BCUT2D eigenvalue weighted by Gasteiger charge is -2.19. The summed E-state index contributed by atoms with van der Waals surface area (Å²) in [4.78, 5) is 21.6. The molecule has 0 fully saturated rings. The minimum Gasteiger partial charge on any atom is -0.459 e. The van der Waals surface area contributed by atoms with E-state index in [0.29, 0.717) is 0 Å². The average Bonchev–Trinajstić information content (AvgIpc) is 3.00. The van der Waals surface area contributed by atoms with Crippen molar-refractivity contribution in [2.45, 2.75) is 39.8 Å². The number of halogens is 1. The summed E-state index contributed by atoms with van der Waals surface area (Å²) in [5.74, 6) is 0.445. The third-order valence-electron chi connectivity index (χ3n) is 3.15. The lowest BCUT2D eigenvalue weighted by atomic mass is 10.2. The molecule has 3 aromatic rings. The number of carbonyl (C=O) groups is 1. The maximum atomic E-state index is 12.1. The second kappa shape index (κ2) is 6.40. The Morgan fingerprint density at radius 1 is 1.33 bits per heavy atom. The van der Waals surface area contributed by atoms with Crippen LogP contribution < -0.4 is 0 Å². The van der Waals surface area contributed by atoms with Crippen molar-refractivity contribution >= 4 is 50.1 Å². The van der Waals surface area contributed by atoms with E-state index in [1.165, 1.54) is 0 Å². The zero-order valence-electron chi connectivity index (χ0n) is 13.8. The van der Waals surface area contributed by atoms with E-state index in [-0.39, 0.29) is 12.5 Å². The van der Waals surface area contributed by atoms with E-state index in [4.69, 9.17) is 4.74 Å². The summed E-state index contributed by atoms with van der Waals surface area (Å²) in [5.41, 5.74) is 1.38. The molecule has 0 spiro atoms. The number of hydrogen-bond acceptors (Lipinski definition) is 6. The quantitative estimate of drug-likeness (QED) is 0.443. The molecule has 0 N–H and O–H groups in total. The fourth-order valence-electron chi connectivity index (χ4n) is 2.20. The van der Waals surface area contributed by atoms with Crippen molar-refractivity contribution in [3.63, 3.8) is 0 Å². The van der Waals surface area contributed by atoms with Crippen LogP contribution in [-0.2, 0) is 16.1 Å². The van der Waals surface area contributed by atoms with Gasteiger partial charge < -0.3 is 4.74 Å². The van der Waals surface area contributed by atoms with Gasteiger partial charge in [-0.2, -0.15) is 5.10 Å². The third-order valence-corrected chi connectivity index (χ3v) is 5.45. The molecule has 0 bridgehead atoms. The highest BCUT2D eigenvalue weighted by Gasteiger charge is 2.20. The van der Waals surface area contributed by atoms with Crippen LogP contribution in [0.2, 0.25) is 0 Å². The van der Waals surface area contributed by atoms with E-state index >= 15 is 0 Å². The SMILES string of the molecule is Cc1ncc(-c2cc3c(s2)c(I)nn3CC(=O)OC(C)(C)C)cn1. The fourth-order valence-corrected chi connectivity index (χ4v) is 4.08. The van der Waals surface area contributed by atoms with Gasteiger partial charge in [0.2, 0.25) is 0 Å². The van der Waals surface area contributed by atoms with Crippen LogP contribution in [0.25, 0.3) is 20.7 Å². The van der Waals surface area contributed by atoms with Gasteiger partial charge in [-0.05, 0) is 56.4 Å². The summed E-state index contributed by atoms with van der Waals surface area (Å²) in [7, 11) is 0. The molecule has 0 saturated carbocycles. The molecule has 0 saturated heterocycles. The Balaban J connectivity index is 1.93. The molecule has 0 aliphatic carbocycles. The normalized spacial score (nSPS) is 11.9. The molecule has 0 aromatic carbocycles. The molecule has 0 atom stereocenters. The van der Waals surface area contributed by atoms with Crippen LogP contribution in [0.1, 0.15) is 26.6 Å². The summed E-state index contributed by atoms with van der Waals surface area (Å²) >= 11 is 3.81. The minimum absolute atomic E-state index is 0.0946. The standard InChI is InChI=1S/C16H17IN4O2S/c1-9-18-6-10(7-19-9)12-5-11-14(24-12)15(17)20-21(11)8-13(22)23-16(2,3)4/h5-7H,8H2,1-4H3. The molecule has 3 rings (SSSR count). The maximum Gasteiger partial charge on any atom is 0.328 e. The summed E-state index contributed by atoms with van der Waals surface area (Å²) in [6.07, 6.45) is 3.62. The Labute approximate surface area is 157 Å². The Hall–Kier alpha value is -1.55. The fraction of sp³-hybridized carbons (Fsp3) is 0.375. The number of carbonyl (C=O) groups excluding carboxylic acids is 1. The number of rotatable bonds is 3. The number of fused-ring (bicyclic) bond motifs is 1. The first kappa shape index (κ1) is 17.3. The monoisotopic (exact) mass is 456 g/mol. The third kappa shape index (κ3) is 3.75. The zero-order chi connectivity index (χ0) is 17.5. The van der Waals surface area contributed by atoms with E-state index in [9.17, 15) is 4.79 Å². The Morgan fingerprint density at radius 2 is 2.00 bits per heavy atom. The molecule has 0 aliphatic heterocycles. The van der Waals surface area contributed by atoms with Crippen LogP contribution in [0.15, 0.2) is 18.5 Å². The number of ether oxygens (including phenoxy) is 1. The van der Waals surface area contributed by atoms with Gasteiger partial charge in [0.15, 0.2) is 0 Å². The first-order valence-electron chi connectivity index (χ1n) is 7.39. The van der Waals surface area contributed by atoms with Gasteiger partial charge in [-0.1, -0.05) is 0 Å².